The van der Waals surface area contributed by atoms with Crippen LogP contribution in [0.25, 0.3) is 0 Å². The molecule has 2 N–H and O–H groups in total. The summed E-state index contributed by atoms with van der Waals surface area (Å²) in [5.41, 5.74) is 2.73. The molecule has 2 aliphatic rings. The Kier molecular flexibility index (Phi) is 15.0. The Hall–Kier alpha value is -1.11. The van der Waals surface area contributed by atoms with E-state index in [0.717, 1.165) is 32.1 Å². The number of unbranched alkanes of at least 4 members (excludes halogenated alkanes) is 4. The fourth-order valence-electron chi connectivity index (χ4n) is 7.46. The standard InChI is InChI=1S/C24H31O4.3C4H9.Sn/c1-28-24(27)10-6-5-9-18-13-19-16-23(26)21(22(19)15-18)12-11-20(25)14-17-7-3-2-4-8-17;3*1-3-4-2;/h2-3,7-8,11-13,19-23,25-26H,5-6,9-10,14-16H2,1H3;3*1,3-4H2,2H3;/b12-11+;;;;/t19-,20-,21+,22-,23+;;;;/m0..../s1. The monoisotopic (exact) mass is 674 g/mol. The molecule has 41 heavy (non-hydrogen) atoms. The van der Waals surface area contributed by atoms with Crippen LogP contribution in [0.15, 0.2) is 48.1 Å². The molecule has 5 heteroatoms. The van der Waals surface area contributed by atoms with Gasteiger partial charge in [0, 0.05) is 6.42 Å². The molecule has 1 fully saturated rings. The van der Waals surface area contributed by atoms with Crippen LogP contribution in [0.4, 0.5) is 0 Å². The minimum absolute atomic E-state index is 0.103. The second-order valence-corrected chi connectivity index (χ2v) is 26.2. The van der Waals surface area contributed by atoms with Crippen LogP contribution in [-0.4, -0.2) is 53.9 Å². The van der Waals surface area contributed by atoms with Crippen LogP contribution in [-0.2, 0) is 16.0 Å². The number of aliphatic hydroxyl groups is 2. The fraction of sp³-hybridized carbons (Fsp3) is 0.694. The average Bonchev–Trinajstić information content (AvgIpc) is 3.49. The number of carbonyl (C=O) groups excluding carboxylic acids is 1. The second kappa shape index (κ2) is 17.9. The number of hydrogen-bond donors (Lipinski definition) is 2. The Morgan fingerprint density at radius 2 is 1.73 bits per heavy atom. The first-order valence-electron chi connectivity index (χ1n) is 16.8. The molecule has 230 valence electrons. The van der Waals surface area contributed by atoms with Crippen molar-refractivity contribution in [3.8, 4) is 0 Å². The van der Waals surface area contributed by atoms with E-state index in [1.807, 2.05) is 6.08 Å². The van der Waals surface area contributed by atoms with Crippen LogP contribution in [0.1, 0.15) is 103 Å². The summed E-state index contributed by atoms with van der Waals surface area (Å²) >= 11 is -2.50. The maximum atomic E-state index is 11.4. The van der Waals surface area contributed by atoms with Crippen molar-refractivity contribution >= 4 is 27.9 Å². The van der Waals surface area contributed by atoms with Gasteiger partial charge in [0.1, 0.15) is 0 Å². The van der Waals surface area contributed by atoms with Crippen molar-refractivity contribution in [2.75, 3.05) is 7.11 Å². The third kappa shape index (κ3) is 10.2. The van der Waals surface area contributed by atoms with Crippen molar-refractivity contribution in [2.45, 2.75) is 130 Å². The summed E-state index contributed by atoms with van der Waals surface area (Å²) < 4.78 is 10.8. The first kappa shape index (κ1) is 34.4. The second-order valence-electron chi connectivity index (χ2n) is 13.0. The minimum atomic E-state index is -2.50. The van der Waals surface area contributed by atoms with E-state index in [9.17, 15) is 15.0 Å². The molecular weight excluding hydrogens is 615 g/mol. The normalized spacial score (nSPS) is 23.1. The molecule has 0 unspecified atom stereocenters. The van der Waals surface area contributed by atoms with E-state index < -0.39 is 24.5 Å². The third-order valence-electron chi connectivity index (χ3n) is 9.87. The van der Waals surface area contributed by atoms with Crippen LogP contribution < -0.4 is 3.58 Å². The van der Waals surface area contributed by atoms with Crippen molar-refractivity contribution in [3.63, 3.8) is 0 Å². The van der Waals surface area contributed by atoms with Crippen LogP contribution in [0.3, 0.4) is 0 Å². The molecule has 5 atom stereocenters. The number of carbonyl (C=O) groups is 1. The summed E-state index contributed by atoms with van der Waals surface area (Å²) in [6, 6.07) is 9.35. The summed E-state index contributed by atoms with van der Waals surface area (Å²) in [7, 11) is 1.45. The summed E-state index contributed by atoms with van der Waals surface area (Å²) in [5.74, 6) is 0.829. The van der Waals surface area contributed by atoms with Gasteiger partial charge in [-0.2, -0.15) is 0 Å². The van der Waals surface area contributed by atoms with Crippen molar-refractivity contribution < 1.29 is 19.7 Å². The number of esters is 1. The van der Waals surface area contributed by atoms with Crippen molar-refractivity contribution in [1.29, 1.82) is 0 Å². The van der Waals surface area contributed by atoms with Gasteiger partial charge in [-0.05, 0) is 12.8 Å². The molecule has 0 bridgehead atoms. The van der Waals surface area contributed by atoms with Crippen molar-refractivity contribution in [2.24, 2.45) is 17.8 Å². The molecule has 0 spiro atoms. The Morgan fingerprint density at radius 1 is 1.05 bits per heavy atom. The Bertz CT molecular complexity index is 964. The zero-order valence-electron chi connectivity index (χ0n) is 26.5. The predicted octanol–water partition coefficient (Wildman–Crippen LogP) is 7.88. The molecule has 2 aliphatic carbocycles. The van der Waals surface area contributed by atoms with Crippen LogP contribution in [0.2, 0.25) is 13.3 Å². The number of benzene rings is 1. The summed E-state index contributed by atoms with van der Waals surface area (Å²) in [6.45, 7) is 6.99. The van der Waals surface area contributed by atoms with Gasteiger partial charge >= 0.3 is 220 Å². The van der Waals surface area contributed by atoms with E-state index in [2.05, 4.69) is 57.2 Å². The topological polar surface area (TPSA) is 66.8 Å². The van der Waals surface area contributed by atoms with Crippen molar-refractivity contribution in [1.82, 2.24) is 0 Å². The molecule has 0 radical (unpaired) electrons. The van der Waals surface area contributed by atoms with Gasteiger partial charge in [-0.25, -0.2) is 0 Å². The maximum absolute atomic E-state index is 11.4. The van der Waals surface area contributed by atoms with E-state index >= 15 is 0 Å². The SMILES string of the molecule is CCC[CH2][Sn]([CH2]CCC)([CH2]CCC)[c]1cccc(C[C@@H](O)/C=C/[C@@H]2[C@H]3CC(CCCCC(=O)OC)=C[C@H]3C[C@H]2O)c1. The van der Waals surface area contributed by atoms with Gasteiger partial charge in [0.15, 0.2) is 0 Å². The Labute approximate surface area is 254 Å². The van der Waals surface area contributed by atoms with Gasteiger partial charge in [0.05, 0.1) is 7.11 Å². The summed E-state index contributed by atoms with van der Waals surface area (Å²) in [6.07, 6.45) is 19.3. The first-order valence-corrected chi connectivity index (χ1v) is 24.2. The van der Waals surface area contributed by atoms with Gasteiger partial charge in [0.2, 0.25) is 0 Å². The number of ether oxygens (including phenoxy) is 1. The third-order valence-corrected chi connectivity index (χ3v) is 25.5. The molecule has 4 nitrogen and oxygen atoms in total. The summed E-state index contributed by atoms with van der Waals surface area (Å²) in [4.78, 5) is 11.4. The van der Waals surface area contributed by atoms with Gasteiger partial charge in [0.25, 0.3) is 0 Å². The summed E-state index contributed by atoms with van der Waals surface area (Å²) in [5, 5.41) is 21.9. The first-order chi connectivity index (χ1) is 19.9. The van der Waals surface area contributed by atoms with Crippen LogP contribution in [0.5, 0.6) is 0 Å². The quantitative estimate of drug-likeness (QED) is 0.0679. The zero-order chi connectivity index (χ0) is 29.7. The molecule has 1 saturated carbocycles. The number of fused-ring (bicyclic) bond motifs is 1. The zero-order valence-corrected chi connectivity index (χ0v) is 29.3. The van der Waals surface area contributed by atoms with E-state index in [1.54, 1.807) is 3.58 Å². The van der Waals surface area contributed by atoms with Gasteiger partial charge in [-0.15, -0.1) is 0 Å². The molecule has 0 saturated heterocycles. The molecule has 1 aromatic rings. The van der Waals surface area contributed by atoms with Gasteiger partial charge in [-0.3, -0.25) is 4.79 Å². The van der Waals surface area contributed by atoms with E-state index in [1.165, 1.54) is 70.1 Å². The van der Waals surface area contributed by atoms with E-state index in [4.69, 9.17) is 4.74 Å². The Balaban J connectivity index is 1.61. The van der Waals surface area contributed by atoms with Crippen LogP contribution >= 0.6 is 0 Å². The number of hydrogen-bond acceptors (Lipinski definition) is 4. The van der Waals surface area contributed by atoms with Gasteiger partial charge in [-0.1, -0.05) is 0 Å². The number of allylic oxidation sites excluding steroid dienone is 2. The average molecular weight is 674 g/mol. The van der Waals surface area contributed by atoms with E-state index in [0.29, 0.717) is 24.7 Å². The number of aliphatic hydroxyl groups excluding tert-OH is 2. The van der Waals surface area contributed by atoms with Crippen LogP contribution in [0, 0.1) is 17.8 Å². The fourth-order valence-corrected chi connectivity index (χ4v) is 23.6. The predicted molar refractivity (Wildman–Crippen MR) is 174 cm³/mol. The van der Waals surface area contributed by atoms with Crippen molar-refractivity contribution in [3.05, 3.63) is 53.6 Å². The molecule has 0 amide bonds. The molecule has 0 aliphatic heterocycles. The molecule has 0 heterocycles. The van der Waals surface area contributed by atoms with Gasteiger partial charge < -0.3 is 4.74 Å². The number of methoxy groups -OCH3 is 1. The molecule has 3 rings (SSSR count). The molecule has 0 aromatic heterocycles. The number of rotatable bonds is 19. The molecule has 1 aromatic carbocycles. The Morgan fingerprint density at radius 3 is 2.37 bits per heavy atom. The van der Waals surface area contributed by atoms with E-state index in [-0.39, 0.29) is 18.0 Å². The molecular formula is C36H58O4Sn.